The Morgan fingerprint density at radius 2 is 2.16 bits per heavy atom. The van der Waals surface area contributed by atoms with Crippen LogP contribution in [0.1, 0.15) is 18.2 Å². The average molecular weight is 441 g/mol. The van der Waals surface area contributed by atoms with Gasteiger partial charge >= 0.3 is 0 Å². The zero-order valence-electron chi connectivity index (χ0n) is 16.4. The standard InChI is InChI=1S/C19H19N7O4S/c1-11-16-17(23-19(22-11)21-10-27)25(9-20-16)13-7-6-12(8-13)18(28)24-31-15-5-3-2-4-14(15)26(29)30/h2-7,9-10,12-13,18,24,28H,8H2,1H3,(H,21,22,23,27). The fourth-order valence-electron chi connectivity index (χ4n) is 3.47. The lowest BCUT2D eigenvalue weighted by Gasteiger charge is -2.19. The number of imidazole rings is 1. The number of aliphatic hydroxyl groups is 1. The van der Waals surface area contributed by atoms with Crippen LogP contribution in [0.5, 0.6) is 0 Å². The number of hydrogen-bond donors (Lipinski definition) is 3. The van der Waals surface area contributed by atoms with Crippen LogP contribution < -0.4 is 10.0 Å². The van der Waals surface area contributed by atoms with Crippen LogP contribution in [-0.2, 0) is 4.79 Å². The fraction of sp³-hybridized carbons (Fsp3) is 0.263. The molecule has 0 radical (unpaired) electrons. The summed E-state index contributed by atoms with van der Waals surface area (Å²) in [5.74, 6) is -0.0175. The van der Waals surface area contributed by atoms with E-state index in [4.69, 9.17) is 0 Å². The van der Waals surface area contributed by atoms with Crippen molar-refractivity contribution < 1.29 is 14.8 Å². The summed E-state index contributed by atoms with van der Waals surface area (Å²) in [7, 11) is 0. The van der Waals surface area contributed by atoms with Crippen molar-refractivity contribution in [2.75, 3.05) is 5.32 Å². The summed E-state index contributed by atoms with van der Waals surface area (Å²) in [4.78, 5) is 34.8. The second-order valence-electron chi connectivity index (χ2n) is 6.96. The van der Waals surface area contributed by atoms with Crippen molar-refractivity contribution in [3.05, 3.63) is 58.6 Å². The van der Waals surface area contributed by atoms with Crippen LogP contribution in [-0.4, -0.2) is 42.2 Å². The highest BCUT2D eigenvalue weighted by Crippen LogP contribution is 2.33. The van der Waals surface area contributed by atoms with E-state index in [1.54, 1.807) is 31.5 Å². The number of carbonyl (C=O) groups excluding carboxylic acids is 1. The van der Waals surface area contributed by atoms with Gasteiger partial charge in [-0.1, -0.05) is 24.3 Å². The highest BCUT2D eigenvalue weighted by atomic mass is 32.2. The predicted octanol–water partition coefficient (Wildman–Crippen LogP) is 2.34. The smallest absolute Gasteiger partial charge is 0.284 e. The monoisotopic (exact) mass is 441 g/mol. The van der Waals surface area contributed by atoms with Crippen LogP contribution in [0.15, 0.2) is 47.6 Å². The van der Waals surface area contributed by atoms with Gasteiger partial charge in [0.25, 0.3) is 5.69 Å². The molecule has 3 aromatic rings. The molecule has 0 fully saturated rings. The Labute approximate surface area is 180 Å². The predicted molar refractivity (Wildman–Crippen MR) is 114 cm³/mol. The summed E-state index contributed by atoms with van der Waals surface area (Å²) in [5, 5.41) is 24.2. The van der Waals surface area contributed by atoms with E-state index in [0.717, 1.165) is 11.9 Å². The number of rotatable bonds is 8. The molecular weight excluding hydrogens is 422 g/mol. The molecule has 2 aromatic heterocycles. The van der Waals surface area contributed by atoms with Crippen LogP contribution in [0.2, 0.25) is 0 Å². The zero-order valence-corrected chi connectivity index (χ0v) is 17.2. The highest BCUT2D eigenvalue weighted by molar-refractivity contribution is 7.97. The van der Waals surface area contributed by atoms with E-state index in [1.165, 1.54) is 6.07 Å². The molecule has 4 rings (SSSR count). The molecule has 1 aromatic carbocycles. The molecule has 3 unspecified atom stereocenters. The topological polar surface area (TPSA) is 148 Å². The summed E-state index contributed by atoms with van der Waals surface area (Å²) in [6, 6.07) is 6.25. The number of anilines is 1. The minimum atomic E-state index is -0.913. The second-order valence-corrected chi connectivity index (χ2v) is 7.84. The molecule has 3 atom stereocenters. The van der Waals surface area contributed by atoms with Gasteiger partial charge in [-0.25, -0.2) is 14.7 Å². The van der Waals surface area contributed by atoms with Gasteiger partial charge in [-0.05, 0) is 31.4 Å². The van der Waals surface area contributed by atoms with Crippen LogP contribution in [0.3, 0.4) is 0 Å². The van der Waals surface area contributed by atoms with Gasteiger partial charge in [-0.15, -0.1) is 0 Å². The first-order chi connectivity index (χ1) is 15.0. The fourth-order valence-corrected chi connectivity index (χ4v) is 4.29. The molecule has 0 bridgehead atoms. The number of para-hydroxylation sites is 1. The van der Waals surface area contributed by atoms with Crippen molar-refractivity contribution in [2.45, 2.75) is 30.5 Å². The zero-order chi connectivity index (χ0) is 22.0. The number of amides is 1. The largest absolute Gasteiger partial charge is 0.377 e. The molecular formula is C19H19N7O4S. The Balaban J connectivity index is 1.46. The Morgan fingerprint density at radius 3 is 2.94 bits per heavy atom. The number of aromatic nitrogens is 4. The van der Waals surface area contributed by atoms with Gasteiger partial charge in [0.15, 0.2) is 5.65 Å². The third-order valence-corrected chi connectivity index (χ3v) is 5.92. The van der Waals surface area contributed by atoms with Gasteiger partial charge in [0, 0.05) is 12.0 Å². The lowest BCUT2D eigenvalue weighted by Crippen LogP contribution is -2.30. The van der Waals surface area contributed by atoms with Crippen molar-refractivity contribution >= 4 is 41.2 Å². The maximum atomic E-state index is 11.1. The molecule has 3 N–H and O–H groups in total. The summed E-state index contributed by atoms with van der Waals surface area (Å²) >= 11 is 1.02. The molecule has 0 saturated carbocycles. The molecule has 160 valence electrons. The van der Waals surface area contributed by atoms with Crippen LogP contribution in [0.4, 0.5) is 11.6 Å². The Kier molecular flexibility index (Phi) is 5.93. The van der Waals surface area contributed by atoms with E-state index in [2.05, 4.69) is 25.0 Å². The van der Waals surface area contributed by atoms with Crippen molar-refractivity contribution in [1.82, 2.24) is 24.2 Å². The first kappa shape index (κ1) is 20.9. The van der Waals surface area contributed by atoms with E-state index in [1.807, 2.05) is 16.7 Å². The molecule has 1 aliphatic carbocycles. The van der Waals surface area contributed by atoms with E-state index in [-0.39, 0.29) is 23.6 Å². The maximum Gasteiger partial charge on any atom is 0.284 e. The third-order valence-electron chi connectivity index (χ3n) is 4.99. The molecule has 0 saturated heterocycles. The van der Waals surface area contributed by atoms with Crippen molar-refractivity contribution in [2.24, 2.45) is 5.92 Å². The molecule has 1 aliphatic rings. The number of nitro benzene ring substituents is 1. The first-order valence-corrected chi connectivity index (χ1v) is 10.2. The minimum absolute atomic E-state index is 0.0216. The van der Waals surface area contributed by atoms with Gasteiger partial charge in [0.1, 0.15) is 16.6 Å². The molecule has 12 heteroatoms. The molecule has 11 nitrogen and oxygen atoms in total. The Bertz CT molecular complexity index is 1170. The van der Waals surface area contributed by atoms with Crippen LogP contribution >= 0.6 is 11.9 Å². The van der Waals surface area contributed by atoms with Gasteiger partial charge in [0.05, 0.1) is 23.0 Å². The Morgan fingerprint density at radius 1 is 1.35 bits per heavy atom. The maximum absolute atomic E-state index is 11.1. The molecule has 1 amide bonds. The number of nitrogens with zero attached hydrogens (tertiary/aromatic N) is 5. The normalized spacial score (nSPS) is 18.9. The summed E-state index contributed by atoms with van der Waals surface area (Å²) < 4.78 is 4.76. The van der Waals surface area contributed by atoms with E-state index in [9.17, 15) is 20.0 Å². The quantitative estimate of drug-likeness (QED) is 0.120. The Hall–Kier alpha value is -3.35. The van der Waals surface area contributed by atoms with Crippen molar-refractivity contribution in [1.29, 1.82) is 0 Å². The van der Waals surface area contributed by atoms with Gasteiger partial charge in [0.2, 0.25) is 12.4 Å². The number of fused-ring (bicyclic) bond motifs is 1. The van der Waals surface area contributed by atoms with E-state index < -0.39 is 11.2 Å². The number of aryl methyl sites for hydroxylation is 1. The van der Waals surface area contributed by atoms with Gasteiger partial charge in [-0.3, -0.25) is 20.2 Å². The van der Waals surface area contributed by atoms with Crippen molar-refractivity contribution in [3.8, 4) is 0 Å². The lowest BCUT2D eigenvalue weighted by molar-refractivity contribution is -0.387. The molecule has 0 spiro atoms. The summed E-state index contributed by atoms with van der Waals surface area (Å²) in [6.45, 7) is 1.79. The molecule has 31 heavy (non-hydrogen) atoms. The number of aliphatic hydroxyl groups excluding tert-OH is 1. The van der Waals surface area contributed by atoms with Gasteiger partial charge in [-0.2, -0.15) is 4.98 Å². The number of carbonyl (C=O) groups is 1. The number of allylic oxidation sites excluding steroid dienone is 1. The van der Waals surface area contributed by atoms with Crippen molar-refractivity contribution in [3.63, 3.8) is 0 Å². The summed E-state index contributed by atoms with van der Waals surface area (Å²) in [6.07, 6.45) is 5.70. The molecule has 2 heterocycles. The van der Waals surface area contributed by atoms with Crippen LogP contribution in [0.25, 0.3) is 11.2 Å². The second kappa shape index (κ2) is 8.79. The SMILES string of the molecule is Cc1nc(NC=O)nc2c1ncn2C1C=CC(C(O)NSc2ccccc2[N+](=O)[O-])C1. The number of nitrogens with one attached hydrogen (secondary N) is 2. The molecule has 0 aliphatic heterocycles. The third kappa shape index (κ3) is 4.26. The number of nitro groups is 1. The minimum Gasteiger partial charge on any atom is -0.377 e. The highest BCUT2D eigenvalue weighted by Gasteiger charge is 2.28. The van der Waals surface area contributed by atoms with Gasteiger partial charge < -0.3 is 9.67 Å². The van der Waals surface area contributed by atoms with E-state index >= 15 is 0 Å². The first-order valence-electron chi connectivity index (χ1n) is 9.41. The number of benzene rings is 1. The van der Waals surface area contributed by atoms with Crippen LogP contribution in [0, 0.1) is 23.0 Å². The number of hydrogen-bond acceptors (Lipinski definition) is 9. The average Bonchev–Trinajstić information content (AvgIpc) is 3.40. The van der Waals surface area contributed by atoms with E-state index in [0.29, 0.717) is 34.6 Å². The summed E-state index contributed by atoms with van der Waals surface area (Å²) in [5.41, 5.74) is 1.85. The lowest BCUT2D eigenvalue weighted by atomic mass is 10.1.